The Labute approximate surface area is 124 Å². The van der Waals surface area contributed by atoms with Gasteiger partial charge in [-0.2, -0.15) is 13.2 Å². The number of benzene rings is 1. The molecule has 1 aromatic carbocycles. The smallest absolute Gasteiger partial charge is 0.411 e. The molecule has 0 saturated heterocycles. The minimum Gasteiger partial charge on any atom is -0.491 e. The van der Waals surface area contributed by atoms with Gasteiger partial charge in [-0.1, -0.05) is 15.9 Å². The maximum absolute atomic E-state index is 11.9. The van der Waals surface area contributed by atoms with Crippen molar-refractivity contribution in [2.24, 2.45) is 5.73 Å². The minimum atomic E-state index is -4.31. The molecule has 0 spiro atoms. The molecule has 20 heavy (non-hydrogen) atoms. The minimum absolute atomic E-state index is 0.0341. The summed E-state index contributed by atoms with van der Waals surface area (Å²) in [5.74, 6) is 0.612. The van der Waals surface area contributed by atoms with Crippen LogP contribution in [0.25, 0.3) is 0 Å². The number of rotatable bonds is 7. The molecule has 114 valence electrons. The van der Waals surface area contributed by atoms with E-state index in [1.54, 1.807) is 12.1 Å². The van der Waals surface area contributed by atoms with Crippen LogP contribution in [0.5, 0.6) is 5.75 Å². The molecule has 0 saturated carbocycles. The van der Waals surface area contributed by atoms with E-state index in [2.05, 4.69) is 20.7 Å². The molecule has 0 aliphatic rings. The Morgan fingerprint density at radius 2 is 2.00 bits per heavy atom. The third-order valence-corrected chi connectivity index (χ3v) is 2.81. The van der Waals surface area contributed by atoms with E-state index in [0.717, 1.165) is 10.0 Å². The average Bonchev–Trinajstić information content (AvgIpc) is 2.29. The first-order chi connectivity index (χ1) is 9.28. The lowest BCUT2D eigenvalue weighted by Gasteiger charge is -2.14. The van der Waals surface area contributed by atoms with E-state index < -0.39 is 12.8 Å². The number of hydrogen-bond donors (Lipinski definition) is 1. The molecule has 0 aromatic heterocycles. The highest BCUT2D eigenvalue weighted by Gasteiger charge is 2.27. The highest BCUT2D eigenvalue weighted by atomic mass is 79.9. The molecule has 1 rings (SSSR count). The topological polar surface area (TPSA) is 44.5 Å². The molecule has 0 heterocycles. The number of ether oxygens (including phenoxy) is 2. The zero-order valence-corrected chi connectivity index (χ0v) is 12.6. The molecule has 0 fully saturated rings. The van der Waals surface area contributed by atoms with Crippen LogP contribution in [0, 0.1) is 0 Å². The Hall–Kier alpha value is -0.790. The van der Waals surface area contributed by atoms with E-state index in [1.165, 1.54) is 0 Å². The van der Waals surface area contributed by atoms with Crippen LogP contribution in [0.15, 0.2) is 22.7 Å². The summed E-state index contributed by atoms with van der Waals surface area (Å²) in [6, 6.07) is 5.41. The fraction of sp³-hybridized carbons (Fsp3) is 0.538. The molecule has 0 bridgehead atoms. The third kappa shape index (κ3) is 7.12. The Morgan fingerprint density at radius 3 is 2.60 bits per heavy atom. The highest BCUT2D eigenvalue weighted by Crippen LogP contribution is 2.24. The molecule has 0 radical (unpaired) electrons. The second-order valence-corrected chi connectivity index (χ2v) is 5.37. The maximum atomic E-state index is 11.9. The van der Waals surface area contributed by atoms with Crippen LogP contribution in [-0.4, -0.2) is 32.0 Å². The van der Waals surface area contributed by atoms with Gasteiger partial charge in [0.1, 0.15) is 19.0 Å². The van der Waals surface area contributed by atoms with Gasteiger partial charge in [-0.05, 0) is 37.1 Å². The zero-order chi connectivity index (χ0) is 15.2. The van der Waals surface area contributed by atoms with Crippen LogP contribution < -0.4 is 10.5 Å². The predicted molar refractivity (Wildman–Crippen MR) is 73.9 cm³/mol. The fourth-order valence-corrected chi connectivity index (χ4v) is 2.00. The van der Waals surface area contributed by atoms with Crippen molar-refractivity contribution < 1.29 is 22.6 Å². The van der Waals surface area contributed by atoms with Gasteiger partial charge in [-0.3, -0.25) is 0 Å². The Kier molecular flexibility index (Phi) is 6.78. The van der Waals surface area contributed by atoms with Crippen LogP contribution in [0.2, 0.25) is 0 Å². The van der Waals surface area contributed by atoms with E-state index in [9.17, 15) is 13.2 Å². The summed E-state index contributed by atoms with van der Waals surface area (Å²) in [7, 11) is 0. The summed E-state index contributed by atoms with van der Waals surface area (Å²) in [4.78, 5) is 0. The van der Waals surface area contributed by atoms with Crippen molar-refractivity contribution in [2.45, 2.75) is 25.6 Å². The first-order valence-corrected chi connectivity index (χ1v) is 6.88. The van der Waals surface area contributed by atoms with Gasteiger partial charge in [-0.25, -0.2) is 0 Å². The van der Waals surface area contributed by atoms with Crippen LogP contribution >= 0.6 is 15.9 Å². The monoisotopic (exact) mass is 355 g/mol. The number of hydrogen-bond acceptors (Lipinski definition) is 3. The molecule has 1 unspecified atom stereocenters. The van der Waals surface area contributed by atoms with E-state index in [1.807, 2.05) is 13.0 Å². The summed E-state index contributed by atoms with van der Waals surface area (Å²) in [5, 5.41) is 0. The van der Waals surface area contributed by atoms with Crippen LogP contribution in [0.4, 0.5) is 13.2 Å². The van der Waals surface area contributed by atoms with Crippen molar-refractivity contribution in [3.05, 3.63) is 28.2 Å². The molecule has 7 heteroatoms. The van der Waals surface area contributed by atoms with Crippen molar-refractivity contribution in [3.63, 3.8) is 0 Å². The van der Waals surface area contributed by atoms with Gasteiger partial charge in [0.05, 0.1) is 6.61 Å². The summed E-state index contributed by atoms with van der Waals surface area (Å²) >= 11 is 3.36. The quantitative estimate of drug-likeness (QED) is 0.763. The van der Waals surface area contributed by atoms with Crippen LogP contribution in [0.1, 0.15) is 12.5 Å². The van der Waals surface area contributed by atoms with Crippen LogP contribution in [0.3, 0.4) is 0 Å². The van der Waals surface area contributed by atoms with Crippen molar-refractivity contribution in [1.29, 1.82) is 0 Å². The molecule has 1 atom stereocenters. The molecular formula is C13H17BrF3NO2. The Morgan fingerprint density at radius 1 is 1.30 bits per heavy atom. The molecule has 0 aliphatic carbocycles. The molecule has 0 amide bonds. The molecule has 1 aromatic rings. The Bertz CT molecular complexity index is 425. The van der Waals surface area contributed by atoms with Gasteiger partial charge >= 0.3 is 6.18 Å². The summed E-state index contributed by atoms with van der Waals surface area (Å²) in [6.07, 6.45) is -3.68. The average molecular weight is 356 g/mol. The lowest BCUT2D eigenvalue weighted by molar-refractivity contribution is -0.175. The number of alkyl halides is 3. The first kappa shape index (κ1) is 17.3. The van der Waals surface area contributed by atoms with E-state index >= 15 is 0 Å². The zero-order valence-electron chi connectivity index (χ0n) is 11.0. The molecule has 3 nitrogen and oxygen atoms in total. The van der Waals surface area contributed by atoms with Gasteiger partial charge < -0.3 is 15.2 Å². The number of nitrogens with two attached hydrogens (primary N) is 1. The van der Waals surface area contributed by atoms with Gasteiger partial charge in [0.15, 0.2) is 0 Å². The van der Waals surface area contributed by atoms with Crippen molar-refractivity contribution in [1.82, 2.24) is 0 Å². The maximum Gasteiger partial charge on any atom is 0.411 e. The predicted octanol–water partition coefficient (Wildman–Crippen LogP) is 3.30. The molecule has 2 N–H and O–H groups in total. The van der Waals surface area contributed by atoms with Crippen LogP contribution in [-0.2, 0) is 11.2 Å². The van der Waals surface area contributed by atoms with Crippen molar-refractivity contribution >= 4 is 15.9 Å². The summed E-state index contributed by atoms with van der Waals surface area (Å²) < 4.78 is 46.4. The van der Waals surface area contributed by atoms with Gasteiger partial charge in [0.2, 0.25) is 0 Å². The van der Waals surface area contributed by atoms with Crippen molar-refractivity contribution in [2.75, 3.05) is 19.8 Å². The SMILES string of the molecule is CC(N)Cc1cc(Br)ccc1OCCOCC(F)(F)F. The normalized spacial score (nSPS) is 13.3. The van der Waals surface area contributed by atoms with Gasteiger partial charge in [0, 0.05) is 10.5 Å². The lowest BCUT2D eigenvalue weighted by Crippen LogP contribution is -2.20. The summed E-state index contributed by atoms with van der Waals surface area (Å²) in [6.45, 7) is 0.553. The molecule has 0 aliphatic heterocycles. The van der Waals surface area contributed by atoms with E-state index in [4.69, 9.17) is 10.5 Å². The van der Waals surface area contributed by atoms with Gasteiger partial charge in [-0.15, -0.1) is 0 Å². The van der Waals surface area contributed by atoms with E-state index in [-0.39, 0.29) is 19.3 Å². The van der Waals surface area contributed by atoms with Crippen molar-refractivity contribution in [3.8, 4) is 5.75 Å². The third-order valence-electron chi connectivity index (χ3n) is 2.32. The van der Waals surface area contributed by atoms with E-state index in [0.29, 0.717) is 12.2 Å². The number of halogens is 4. The van der Waals surface area contributed by atoms with Gasteiger partial charge in [0.25, 0.3) is 0 Å². The fourth-order valence-electron chi connectivity index (χ4n) is 1.59. The Balaban J connectivity index is 2.47. The second-order valence-electron chi connectivity index (χ2n) is 4.45. The standard InChI is InChI=1S/C13H17BrF3NO2/c1-9(18)6-10-7-11(14)2-3-12(10)20-5-4-19-8-13(15,16)17/h2-3,7,9H,4-6,8,18H2,1H3. The molecular weight excluding hydrogens is 339 g/mol. The summed E-state index contributed by atoms with van der Waals surface area (Å²) in [5.41, 5.74) is 6.65. The lowest BCUT2D eigenvalue weighted by atomic mass is 10.1. The largest absolute Gasteiger partial charge is 0.491 e. The first-order valence-electron chi connectivity index (χ1n) is 6.09. The second kappa shape index (κ2) is 7.85. The highest BCUT2D eigenvalue weighted by molar-refractivity contribution is 9.10.